The third-order valence-corrected chi connectivity index (χ3v) is 4.31. The lowest BCUT2D eigenvalue weighted by atomic mass is 10.1. The molecule has 1 aromatic rings. The number of hydrogen-bond donors (Lipinski definition) is 0. The zero-order valence-corrected chi connectivity index (χ0v) is 11.7. The van der Waals surface area contributed by atoms with E-state index in [1.165, 1.54) is 7.11 Å². The Balaban J connectivity index is 3.52. The zero-order chi connectivity index (χ0) is 11.7. The summed E-state index contributed by atoms with van der Waals surface area (Å²) in [5, 5.41) is 1.06. The van der Waals surface area contributed by atoms with Gasteiger partial charge in [-0.2, -0.15) is 0 Å². The molecule has 1 atom stereocenters. The molecule has 0 N–H and O–H groups in total. The lowest BCUT2D eigenvalue weighted by molar-refractivity contribution is 0.120. The topological polar surface area (TPSA) is 9.23 Å². The van der Waals surface area contributed by atoms with Crippen LogP contribution in [0.25, 0.3) is 0 Å². The van der Waals surface area contributed by atoms with Crippen molar-refractivity contribution in [1.29, 1.82) is 0 Å². The molecule has 84 valence electrons. The third-order valence-electron chi connectivity index (χ3n) is 2.00. The van der Waals surface area contributed by atoms with Crippen LogP contribution in [0.4, 0.5) is 0 Å². The Morgan fingerprint density at radius 1 is 0.800 bits per heavy atom. The molecule has 0 saturated carbocycles. The molecule has 0 radical (unpaired) electrons. The third kappa shape index (κ3) is 2.49. The molecular formula is C9H7Cl5O. The summed E-state index contributed by atoms with van der Waals surface area (Å²) < 4.78 is 5.12. The second kappa shape index (κ2) is 5.31. The summed E-state index contributed by atoms with van der Waals surface area (Å²) in [6, 6.07) is 0. The zero-order valence-electron chi connectivity index (χ0n) is 7.88. The molecule has 0 aliphatic carbocycles. The predicted molar refractivity (Wildman–Crippen MR) is 66.9 cm³/mol. The summed E-state index contributed by atoms with van der Waals surface area (Å²) in [4.78, 5) is 0. The van der Waals surface area contributed by atoms with Crippen molar-refractivity contribution in [2.45, 2.75) is 13.0 Å². The molecule has 0 fully saturated rings. The van der Waals surface area contributed by atoms with Gasteiger partial charge in [0.05, 0.1) is 31.2 Å². The molecular weight excluding hydrogens is 301 g/mol. The molecule has 0 aliphatic heterocycles. The second-order valence-electron chi connectivity index (χ2n) is 2.86. The van der Waals surface area contributed by atoms with Gasteiger partial charge in [-0.15, -0.1) is 0 Å². The normalized spacial score (nSPS) is 13.0. The second-order valence-corrected chi connectivity index (χ2v) is 4.75. The van der Waals surface area contributed by atoms with Gasteiger partial charge in [0.25, 0.3) is 0 Å². The van der Waals surface area contributed by atoms with E-state index in [0.717, 1.165) is 0 Å². The number of benzene rings is 1. The maximum Gasteiger partial charge on any atom is 0.0823 e. The highest BCUT2D eigenvalue weighted by Crippen LogP contribution is 2.46. The maximum atomic E-state index is 6.01. The fourth-order valence-corrected chi connectivity index (χ4v) is 2.56. The minimum absolute atomic E-state index is 0.153. The van der Waals surface area contributed by atoms with Crippen LogP contribution in [0.5, 0.6) is 0 Å². The van der Waals surface area contributed by atoms with Crippen LogP contribution in [0.1, 0.15) is 18.6 Å². The highest BCUT2D eigenvalue weighted by molar-refractivity contribution is 6.55. The van der Waals surface area contributed by atoms with Gasteiger partial charge in [-0.1, -0.05) is 58.0 Å². The Kier molecular flexibility index (Phi) is 4.85. The van der Waals surface area contributed by atoms with Gasteiger partial charge in [0.1, 0.15) is 0 Å². The van der Waals surface area contributed by atoms with Crippen molar-refractivity contribution >= 4 is 58.0 Å². The summed E-state index contributed by atoms with van der Waals surface area (Å²) in [6.45, 7) is 1.79. The molecule has 1 unspecified atom stereocenters. The van der Waals surface area contributed by atoms with Crippen molar-refractivity contribution in [1.82, 2.24) is 0 Å². The van der Waals surface area contributed by atoms with Crippen molar-refractivity contribution < 1.29 is 4.74 Å². The predicted octanol–water partition coefficient (Wildman–Crippen LogP) is 5.66. The first-order chi connectivity index (χ1) is 6.91. The average molecular weight is 308 g/mol. The molecule has 6 heteroatoms. The Bertz CT molecular complexity index is 362. The van der Waals surface area contributed by atoms with Gasteiger partial charge in [-0.05, 0) is 6.92 Å². The number of rotatable bonds is 2. The Morgan fingerprint density at radius 3 is 1.47 bits per heavy atom. The van der Waals surface area contributed by atoms with Crippen LogP contribution >= 0.6 is 58.0 Å². The lowest BCUT2D eigenvalue weighted by Gasteiger charge is -2.16. The van der Waals surface area contributed by atoms with Crippen molar-refractivity contribution in [2.24, 2.45) is 0 Å². The molecule has 0 heterocycles. The minimum atomic E-state index is -0.308. The van der Waals surface area contributed by atoms with Crippen molar-refractivity contribution in [3.63, 3.8) is 0 Å². The molecule has 1 nitrogen and oxygen atoms in total. The quantitative estimate of drug-likeness (QED) is 0.506. The molecule has 15 heavy (non-hydrogen) atoms. The van der Waals surface area contributed by atoms with Crippen LogP contribution in [0.15, 0.2) is 0 Å². The van der Waals surface area contributed by atoms with E-state index >= 15 is 0 Å². The number of hydrogen-bond acceptors (Lipinski definition) is 1. The van der Waals surface area contributed by atoms with E-state index in [0.29, 0.717) is 5.56 Å². The van der Waals surface area contributed by atoms with Gasteiger partial charge in [0.2, 0.25) is 0 Å². The standard InChI is InChI=1S/C9H7Cl5O/c1-3(15-2)4-5(10)7(12)9(14)8(13)6(4)11/h3H,1-2H3. The van der Waals surface area contributed by atoms with Crippen LogP contribution in [0, 0.1) is 0 Å². The smallest absolute Gasteiger partial charge is 0.0823 e. The summed E-state index contributed by atoms with van der Waals surface area (Å²) >= 11 is 29.7. The van der Waals surface area contributed by atoms with E-state index in [9.17, 15) is 0 Å². The molecule has 0 saturated heterocycles. The Labute approximate surface area is 113 Å². The van der Waals surface area contributed by atoms with Gasteiger partial charge in [0.15, 0.2) is 0 Å². The summed E-state index contributed by atoms with van der Waals surface area (Å²) in [5.41, 5.74) is 0.542. The average Bonchev–Trinajstić information content (AvgIpc) is 2.23. The van der Waals surface area contributed by atoms with Crippen LogP contribution in [0.2, 0.25) is 25.1 Å². The van der Waals surface area contributed by atoms with Gasteiger partial charge < -0.3 is 4.74 Å². The molecule has 1 aromatic carbocycles. The summed E-state index contributed by atoms with van der Waals surface area (Å²) in [5.74, 6) is 0. The fourth-order valence-electron chi connectivity index (χ4n) is 1.10. The molecule has 0 spiro atoms. The van der Waals surface area contributed by atoms with Crippen LogP contribution in [0.3, 0.4) is 0 Å². The first-order valence-electron chi connectivity index (χ1n) is 3.95. The number of ether oxygens (including phenoxy) is 1. The first kappa shape index (κ1) is 13.7. The van der Waals surface area contributed by atoms with Gasteiger partial charge in [-0.3, -0.25) is 0 Å². The summed E-state index contributed by atoms with van der Waals surface area (Å²) in [7, 11) is 1.54. The van der Waals surface area contributed by atoms with Gasteiger partial charge in [0, 0.05) is 12.7 Å². The fraction of sp³-hybridized carbons (Fsp3) is 0.333. The van der Waals surface area contributed by atoms with Gasteiger partial charge in [-0.25, -0.2) is 0 Å². The van der Waals surface area contributed by atoms with E-state index in [-0.39, 0.29) is 31.2 Å². The van der Waals surface area contributed by atoms with Gasteiger partial charge >= 0.3 is 0 Å². The molecule has 0 bridgehead atoms. The number of halogens is 5. The van der Waals surface area contributed by atoms with E-state index in [2.05, 4.69) is 0 Å². The van der Waals surface area contributed by atoms with E-state index in [4.69, 9.17) is 62.7 Å². The van der Waals surface area contributed by atoms with Crippen LogP contribution in [-0.4, -0.2) is 7.11 Å². The van der Waals surface area contributed by atoms with Crippen LogP contribution < -0.4 is 0 Å². The monoisotopic (exact) mass is 306 g/mol. The number of methoxy groups -OCH3 is 1. The van der Waals surface area contributed by atoms with Crippen molar-refractivity contribution in [2.75, 3.05) is 7.11 Å². The van der Waals surface area contributed by atoms with Crippen molar-refractivity contribution in [3.05, 3.63) is 30.7 Å². The molecule has 0 amide bonds. The van der Waals surface area contributed by atoms with E-state index in [1.807, 2.05) is 0 Å². The Hall–Kier alpha value is 0.630. The van der Waals surface area contributed by atoms with Crippen molar-refractivity contribution in [3.8, 4) is 0 Å². The Morgan fingerprint density at radius 2 is 1.13 bits per heavy atom. The summed E-state index contributed by atoms with van der Waals surface area (Å²) in [6.07, 6.45) is -0.308. The lowest BCUT2D eigenvalue weighted by Crippen LogP contribution is -1.99. The highest BCUT2D eigenvalue weighted by atomic mass is 35.5. The molecule has 1 rings (SSSR count). The van der Waals surface area contributed by atoms with E-state index in [1.54, 1.807) is 6.92 Å². The minimum Gasteiger partial charge on any atom is -0.377 e. The maximum absolute atomic E-state index is 6.01. The van der Waals surface area contributed by atoms with E-state index < -0.39 is 0 Å². The first-order valence-corrected chi connectivity index (χ1v) is 5.84. The SMILES string of the molecule is COC(C)c1c(Cl)c(Cl)c(Cl)c(Cl)c1Cl. The largest absolute Gasteiger partial charge is 0.377 e. The molecule has 0 aromatic heterocycles. The van der Waals surface area contributed by atoms with Crippen LogP contribution in [-0.2, 0) is 4.74 Å². The molecule has 0 aliphatic rings. The highest BCUT2D eigenvalue weighted by Gasteiger charge is 2.22.